The van der Waals surface area contributed by atoms with Crippen LogP contribution in [0.2, 0.25) is 0 Å². The molecule has 0 bridgehead atoms. The van der Waals surface area contributed by atoms with Crippen LogP contribution in [0, 0.1) is 0 Å². The van der Waals surface area contributed by atoms with E-state index >= 15 is 0 Å². The molecular formula is C13H24N2S. The molecule has 0 radical (unpaired) electrons. The molecule has 0 fully saturated rings. The summed E-state index contributed by atoms with van der Waals surface area (Å²) in [5, 5.41) is 5.63. The zero-order valence-corrected chi connectivity index (χ0v) is 11.9. The minimum absolute atomic E-state index is 0.207. The highest BCUT2D eigenvalue weighted by Gasteiger charge is 2.33. The van der Waals surface area contributed by atoms with Gasteiger partial charge in [0.2, 0.25) is 0 Å². The highest BCUT2D eigenvalue weighted by atomic mass is 32.1. The maximum atomic E-state index is 3.48. The van der Waals surface area contributed by atoms with E-state index in [0.29, 0.717) is 6.04 Å². The van der Waals surface area contributed by atoms with Crippen LogP contribution in [0.3, 0.4) is 0 Å². The fraction of sp³-hybridized carbons (Fsp3) is 0.692. The van der Waals surface area contributed by atoms with Crippen molar-refractivity contribution < 1.29 is 0 Å². The molecule has 16 heavy (non-hydrogen) atoms. The third-order valence-corrected chi connectivity index (χ3v) is 4.72. The number of hydrogen-bond acceptors (Lipinski definition) is 3. The van der Waals surface area contributed by atoms with E-state index in [1.807, 2.05) is 11.3 Å². The maximum absolute atomic E-state index is 3.48. The summed E-state index contributed by atoms with van der Waals surface area (Å²) < 4.78 is 0. The van der Waals surface area contributed by atoms with Crippen LogP contribution in [0.5, 0.6) is 0 Å². The van der Waals surface area contributed by atoms with Crippen molar-refractivity contribution in [1.82, 2.24) is 10.2 Å². The van der Waals surface area contributed by atoms with Gasteiger partial charge in [-0.05, 0) is 52.4 Å². The Morgan fingerprint density at radius 2 is 2.19 bits per heavy atom. The smallest absolute Gasteiger partial charge is 0.0329 e. The zero-order chi connectivity index (χ0) is 12.2. The van der Waals surface area contributed by atoms with Crippen LogP contribution in [-0.4, -0.2) is 37.6 Å². The Bertz CT molecular complexity index is 295. The molecule has 0 aliphatic heterocycles. The molecule has 2 atom stereocenters. The van der Waals surface area contributed by atoms with Gasteiger partial charge in [0.15, 0.2) is 0 Å². The molecule has 0 saturated carbocycles. The molecule has 0 aliphatic rings. The lowest BCUT2D eigenvalue weighted by atomic mass is 9.85. The third kappa shape index (κ3) is 2.84. The standard InChI is InChI=1S/C13H24N2S/c1-6-13(2,15(4)5)12(14-3)10-11-8-7-9-16-11/h7-9,12,14H,6,10H2,1-5H3. The van der Waals surface area contributed by atoms with Crippen LogP contribution in [0.15, 0.2) is 17.5 Å². The topological polar surface area (TPSA) is 15.3 Å². The molecule has 0 saturated heterocycles. The highest BCUT2D eigenvalue weighted by molar-refractivity contribution is 7.09. The Balaban J connectivity index is 2.79. The van der Waals surface area contributed by atoms with Gasteiger partial charge in [-0.3, -0.25) is 0 Å². The summed E-state index contributed by atoms with van der Waals surface area (Å²) in [4.78, 5) is 3.79. The Morgan fingerprint density at radius 1 is 1.50 bits per heavy atom. The van der Waals surface area contributed by atoms with E-state index in [4.69, 9.17) is 0 Å². The molecule has 0 aliphatic carbocycles. The first-order valence-corrected chi connectivity index (χ1v) is 6.79. The van der Waals surface area contributed by atoms with Gasteiger partial charge in [-0.15, -0.1) is 11.3 Å². The number of rotatable bonds is 6. The third-order valence-electron chi connectivity index (χ3n) is 3.82. The van der Waals surface area contributed by atoms with E-state index in [1.54, 1.807) is 0 Å². The Hall–Kier alpha value is -0.380. The van der Waals surface area contributed by atoms with Gasteiger partial charge in [0.05, 0.1) is 0 Å². The van der Waals surface area contributed by atoms with Gasteiger partial charge in [-0.1, -0.05) is 13.0 Å². The van der Waals surface area contributed by atoms with Gasteiger partial charge in [0.25, 0.3) is 0 Å². The van der Waals surface area contributed by atoms with E-state index in [2.05, 4.69) is 62.7 Å². The van der Waals surface area contributed by atoms with E-state index in [1.165, 1.54) is 4.88 Å². The lowest BCUT2D eigenvalue weighted by Crippen LogP contribution is -2.56. The van der Waals surface area contributed by atoms with Gasteiger partial charge >= 0.3 is 0 Å². The molecule has 1 heterocycles. The summed E-state index contributed by atoms with van der Waals surface area (Å²) in [5.41, 5.74) is 0.207. The number of nitrogens with zero attached hydrogens (tertiary/aromatic N) is 1. The van der Waals surface area contributed by atoms with Crippen LogP contribution in [0.1, 0.15) is 25.1 Å². The summed E-state index contributed by atoms with van der Waals surface area (Å²) in [6.45, 7) is 4.60. The average Bonchev–Trinajstić information content (AvgIpc) is 2.77. The van der Waals surface area contributed by atoms with Crippen LogP contribution in [0.4, 0.5) is 0 Å². The monoisotopic (exact) mass is 240 g/mol. The fourth-order valence-electron chi connectivity index (χ4n) is 2.14. The molecule has 0 amide bonds. The molecule has 1 aromatic rings. The number of likely N-dealkylation sites (N-methyl/N-ethyl adjacent to an activating group) is 2. The second-order valence-corrected chi connectivity index (χ2v) is 5.76. The largest absolute Gasteiger partial charge is 0.315 e. The first-order chi connectivity index (χ1) is 7.54. The van der Waals surface area contributed by atoms with Crippen LogP contribution in [-0.2, 0) is 6.42 Å². The summed E-state index contributed by atoms with van der Waals surface area (Å²) in [6, 6.07) is 4.85. The van der Waals surface area contributed by atoms with Crippen LogP contribution >= 0.6 is 11.3 Å². The van der Waals surface area contributed by atoms with E-state index < -0.39 is 0 Å². The van der Waals surface area contributed by atoms with Crippen molar-refractivity contribution in [3.63, 3.8) is 0 Å². The number of hydrogen-bond donors (Lipinski definition) is 1. The summed E-state index contributed by atoms with van der Waals surface area (Å²) >= 11 is 1.85. The predicted molar refractivity (Wildman–Crippen MR) is 73.3 cm³/mol. The maximum Gasteiger partial charge on any atom is 0.0329 e. The van der Waals surface area contributed by atoms with Crippen molar-refractivity contribution in [2.24, 2.45) is 0 Å². The number of nitrogens with one attached hydrogen (secondary N) is 1. The van der Waals surface area contributed by atoms with Gasteiger partial charge in [0.1, 0.15) is 0 Å². The molecule has 1 N–H and O–H groups in total. The summed E-state index contributed by atoms with van der Waals surface area (Å²) in [5.74, 6) is 0. The van der Waals surface area contributed by atoms with Crippen molar-refractivity contribution in [3.8, 4) is 0 Å². The van der Waals surface area contributed by atoms with Crippen LogP contribution in [0.25, 0.3) is 0 Å². The molecule has 0 aromatic carbocycles. The molecule has 0 spiro atoms. The van der Waals surface area contributed by atoms with Crippen LogP contribution < -0.4 is 5.32 Å². The van der Waals surface area contributed by atoms with Crippen molar-refractivity contribution in [2.45, 2.75) is 38.3 Å². The summed E-state index contributed by atoms with van der Waals surface area (Å²) in [6.07, 6.45) is 2.26. The van der Waals surface area contributed by atoms with Crippen molar-refractivity contribution in [1.29, 1.82) is 0 Å². The zero-order valence-electron chi connectivity index (χ0n) is 11.1. The second-order valence-electron chi connectivity index (χ2n) is 4.73. The summed E-state index contributed by atoms with van der Waals surface area (Å²) in [7, 11) is 6.40. The SMILES string of the molecule is CCC(C)(C(Cc1cccs1)NC)N(C)C. The minimum Gasteiger partial charge on any atom is -0.315 e. The molecule has 92 valence electrons. The highest BCUT2D eigenvalue weighted by Crippen LogP contribution is 2.25. The fourth-order valence-corrected chi connectivity index (χ4v) is 2.89. The minimum atomic E-state index is 0.207. The molecule has 3 heteroatoms. The first-order valence-electron chi connectivity index (χ1n) is 5.91. The number of thiophene rings is 1. The van der Waals surface area contributed by atoms with Crippen molar-refractivity contribution in [2.75, 3.05) is 21.1 Å². The van der Waals surface area contributed by atoms with Crippen molar-refractivity contribution >= 4 is 11.3 Å². The first kappa shape index (κ1) is 13.7. The molecule has 1 rings (SSSR count). The normalized spacial score (nSPS) is 17.4. The van der Waals surface area contributed by atoms with Gasteiger partial charge < -0.3 is 10.2 Å². The van der Waals surface area contributed by atoms with Gasteiger partial charge in [0, 0.05) is 16.5 Å². The molecule has 2 unspecified atom stereocenters. The lowest BCUT2D eigenvalue weighted by Gasteiger charge is -2.42. The van der Waals surface area contributed by atoms with Crippen molar-refractivity contribution in [3.05, 3.63) is 22.4 Å². The van der Waals surface area contributed by atoms with E-state index in [-0.39, 0.29) is 5.54 Å². The molecule has 2 nitrogen and oxygen atoms in total. The Morgan fingerprint density at radius 3 is 2.56 bits per heavy atom. The second kappa shape index (κ2) is 5.80. The van der Waals surface area contributed by atoms with E-state index in [9.17, 15) is 0 Å². The Kier molecular flexibility index (Phi) is 4.96. The van der Waals surface area contributed by atoms with Gasteiger partial charge in [-0.2, -0.15) is 0 Å². The Labute approximate surface area is 104 Å². The lowest BCUT2D eigenvalue weighted by molar-refractivity contribution is 0.117. The molecular weight excluding hydrogens is 216 g/mol. The average molecular weight is 240 g/mol. The quantitative estimate of drug-likeness (QED) is 0.822. The predicted octanol–water partition coefficient (Wildman–Crippen LogP) is 2.61. The van der Waals surface area contributed by atoms with Gasteiger partial charge in [-0.25, -0.2) is 0 Å². The molecule has 1 aromatic heterocycles. The van der Waals surface area contributed by atoms with E-state index in [0.717, 1.165) is 12.8 Å².